The van der Waals surface area contributed by atoms with Crippen LogP contribution in [-0.2, 0) is 0 Å². The highest BCUT2D eigenvalue weighted by Gasteiger charge is 2.16. The molecular formula is C19H22FN3O. The van der Waals surface area contributed by atoms with Gasteiger partial charge < -0.3 is 10.6 Å². The fraction of sp³-hybridized carbons (Fsp3) is 0.368. The molecule has 0 saturated heterocycles. The van der Waals surface area contributed by atoms with E-state index in [1.54, 1.807) is 30.6 Å². The summed E-state index contributed by atoms with van der Waals surface area (Å²) in [5.74, 6) is -0.368. The van der Waals surface area contributed by atoms with Crippen molar-refractivity contribution in [2.75, 3.05) is 5.32 Å². The van der Waals surface area contributed by atoms with Gasteiger partial charge in [-0.1, -0.05) is 25.7 Å². The number of nitrogens with zero attached hydrogens (tertiary/aromatic N) is 1. The fourth-order valence-corrected chi connectivity index (χ4v) is 3.02. The van der Waals surface area contributed by atoms with Crippen LogP contribution in [0.5, 0.6) is 0 Å². The van der Waals surface area contributed by atoms with Crippen LogP contribution in [0.2, 0.25) is 0 Å². The second-order valence-corrected chi connectivity index (χ2v) is 6.26. The van der Waals surface area contributed by atoms with Crippen molar-refractivity contribution in [3.05, 3.63) is 54.1 Å². The van der Waals surface area contributed by atoms with Crippen LogP contribution in [0, 0.1) is 5.82 Å². The van der Waals surface area contributed by atoms with Crippen molar-refractivity contribution in [3.63, 3.8) is 0 Å². The molecule has 1 saturated carbocycles. The Balaban J connectivity index is 1.65. The third-order valence-corrected chi connectivity index (χ3v) is 4.32. The van der Waals surface area contributed by atoms with Crippen LogP contribution in [0.4, 0.5) is 15.8 Å². The van der Waals surface area contributed by atoms with Crippen molar-refractivity contribution >= 4 is 17.3 Å². The highest BCUT2D eigenvalue weighted by Crippen LogP contribution is 2.19. The molecule has 1 amide bonds. The maximum Gasteiger partial charge on any atom is 0.253 e. The first-order valence-electron chi connectivity index (χ1n) is 8.49. The molecule has 0 aliphatic heterocycles. The van der Waals surface area contributed by atoms with Gasteiger partial charge in [0.15, 0.2) is 0 Å². The van der Waals surface area contributed by atoms with Gasteiger partial charge in [0, 0.05) is 17.9 Å². The number of hydrogen-bond acceptors (Lipinski definition) is 3. The minimum atomic E-state index is -0.282. The predicted octanol–water partition coefficient (Wildman–Crippen LogP) is 4.42. The molecule has 0 atom stereocenters. The molecule has 0 spiro atoms. The van der Waals surface area contributed by atoms with E-state index in [2.05, 4.69) is 15.6 Å². The van der Waals surface area contributed by atoms with Crippen LogP contribution in [0.25, 0.3) is 0 Å². The standard InChI is InChI=1S/C19H22FN3O/c20-15-7-9-17(10-8-15)22-18-11-14(12-21-13-18)19(24)23-16-5-3-1-2-4-6-16/h7-13,16,22H,1-6H2,(H,23,24). The molecule has 0 radical (unpaired) electrons. The van der Waals surface area contributed by atoms with E-state index in [1.807, 2.05) is 0 Å². The van der Waals surface area contributed by atoms with Gasteiger partial charge in [0.05, 0.1) is 17.4 Å². The molecule has 2 aromatic rings. The largest absolute Gasteiger partial charge is 0.354 e. The van der Waals surface area contributed by atoms with E-state index in [9.17, 15) is 9.18 Å². The lowest BCUT2D eigenvalue weighted by Crippen LogP contribution is -2.34. The number of rotatable bonds is 4. The number of hydrogen-bond donors (Lipinski definition) is 2. The van der Waals surface area contributed by atoms with Crippen LogP contribution >= 0.6 is 0 Å². The molecule has 1 fully saturated rings. The van der Waals surface area contributed by atoms with Crippen molar-refractivity contribution in [3.8, 4) is 0 Å². The number of carbonyl (C=O) groups excluding carboxylic acids is 1. The van der Waals surface area contributed by atoms with Crippen molar-refractivity contribution in [2.24, 2.45) is 0 Å². The molecule has 0 bridgehead atoms. The normalized spacial score (nSPS) is 15.5. The summed E-state index contributed by atoms with van der Waals surface area (Å²) in [6, 6.07) is 8.09. The van der Waals surface area contributed by atoms with E-state index in [1.165, 1.54) is 37.8 Å². The Morgan fingerprint density at radius 1 is 1.00 bits per heavy atom. The lowest BCUT2D eigenvalue weighted by atomic mass is 10.1. The maximum atomic E-state index is 13.0. The molecule has 1 heterocycles. The number of amides is 1. The summed E-state index contributed by atoms with van der Waals surface area (Å²) in [5, 5.41) is 6.25. The highest BCUT2D eigenvalue weighted by molar-refractivity contribution is 5.95. The summed E-state index contributed by atoms with van der Waals surface area (Å²) in [6.07, 6.45) is 10.2. The molecule has 24 heavy (non-hydrogen) atoms. The lowest BCUT2D eigenvalue weighted by molar-refractivity contribution is 0.0933. The predicted molar refractivity (Wildman–Crippen MR) is 92.9 cm³/mol. The number of halogens is 1. The monoisotopic (exact) mass is 327 g/mol. The van der Waals surface area contributed by atoms with Crippen molar-refractivity contribution in [1.82, 2.24) is 10.3 Å². The van der Waals surface area contributed by atoms with Gasteiger partial charge in [-0.15, -0.1) is 0 Å². The molecule has 0 unspecified atom stereocenters. The smallest absolute Gasteiger partial charge is 0.253 e. The number of benzene rings is 1. The average molecular weight is 327 g/mol. The molecule has 4 nitrogen and oxygen atoms in total. The van der Waals surface area contributed by atoms with Crippen LogP contribution < -0.4 is 10.6 Å². The van der Waals surface area contributed by atoms with Crippen LogP contribution in [0.15, 0.2) is 42.7 Å². The Kier molecular flexibility index (Phi) is 5.41. The SMILES string of the molecule is O=C(NC1CCCCCC1)c1cncc(Nc2ccc(F)cc2)c1. The Morgan fingerprint density at radius 3 is 2.42 bits per heavy atom. The Labute approximate surface area is 141 Å². The molecule has 1 aliphatic rings. The number of pyridine rings is 1. The minimum Gasteiger partial charge on any atom is -0.354 e. The van der Waals surface area contributed by atoms with Gasteiger partial charge in [0.25, 0.3) is 5.91 Å². The van der Waals surface area contributed by atoms with Crippen molar-refractivity contribution in [2.45, 2.75) is 44.6 Å². The Hall–Kier alpha value is -2.43. The van der Waals surface area contributed by atoms with E-state index < -0.39 is 0 Å². The van der Waals surface area contributed by atoms with E-state index >= 15 is 0 Å². The van der Waals surface area contributed by atoms with Gasteiger partial charge in [-0.05, 0) is 43.2 Å². The molecular weight excluding hydrogens is 305 g/mol. The quantitative estimate of drug-likeness (QED) is 0.818. The fourth-order valence-electron chi connectivity index (χ4n) is 3.02. The zero-order valence-corrected chi connectivity index (χ0v) is 13.6. The molecule has 1 aliphatic carbocycles. The van der Waals surface area contributed by atoms with E-state index in [0.29, 0.717) is 11.3 Å². The maximum absolute atomic E-state index is 13.0. The zero-order chi connectivity index (χ0) is 16.8. The number of anilines is 2. The van der Waals surface area contributed by atoms with Crippen LogP contribution in [0.3, 0.4) is 0 Å². The van der Waals surface area contributed by atoms with Crippen molar-refractivity contribution < 1.29 is 9.18 Å². The summed E-state index contributed by atoms with van der Waals surface area (Å²) in [7, 11) is 0. The summed E-state index contributed by atoms with van der Waals surface area (Å²) in [4.78, 5) is 16.6. The van der Waals surface area contributed by atoms with Crippen LogP contribution in [-0.4, -0.2) is 16.9 Å². The average Bonchev–Trinajstić information content (AvgIpc) is 2.86. The van der Waals surface area contributed by atoms with Gasteiger partial charge in [-0.3, -0.25) is 9.78 Å². The molecule has 5 heteroatoms. The second kappa shape index (κ2) is 7.90. The van der Waals surface area contributed by atoms with E-state index in [4.69, 9.17) is 0 Å². The summed E-state index contributed by atoms with van der Waals surface area (Å²) in [6.45, 7) is 0. The van der Waals surface area contributed by atoms with Crippen molar-refractivity contribution in [1.29, 1.82) is 0 Å². The number of nitrogens with one attached hydrogen (secondary N) is 2. The number of carbonyl (C=O) groups is 1. The van der Waals surface area contributed by atoms with Gasteiger partial charge in [0.1, 0.15) is 5.82 Å². The lowest BCUT2D eigenvalue weighted by Gasteiger charge is -2.16. The van der Waals surface area contributed by atoms with Gasteiger partial charge in [-0.25, -0.2) is 4.39 Å². The summed E-state index contributed by atoms with van der Waals surface area (Å²) >= 11 is 0. The molecule has 1 aromatic carbocycles. The molecule has 126 valence electrons. The third kappa shape index (κ3) is 4.54. The first kappa shape index (κ1) is 16.4. The van der Waals surface area contributed by atoms with Gasteiger partial charge >= 0.3 is 0 Å². The molecule has 2 N–H and O–H groups in total. The Morgan fingerprint density at radius 2 is 1.71 bits per heavy atom. The minimum absolute atomic E-state index is 0.0860. The first-order valence-corrected chi connectivity index (χ1v) is 8.49. The summed E-state index contributed by atoms with van der Waals surface area (Å²) in [5.41, 5.74) is 1.99. The highest BCUT2D eigenvalue weighted by atomic mass is 19.1. The second-order valence-electron chi connectivity index (χ2n) is 6.26. The zero-order valence-electron chi connectivity index (χ0n) is 13.6. The van der Waals surface area contributed by atoms with Gasteiger partial charge in [-0.2, -0.15) is 0 Å². The summed E-state index contributed by atoms with van der Waals surface area (Å²) < 4.78 is 13.0. The van der Waals surface area contributed by atoms with Gasteiger partial charge in [0.2, 0.25) is 0 Å². The molecule has 1 aromatic heterocycles. The van der Waals surface area contributed by atoms with Crippen LogP contribution in [0.1, 0.15) is 48.9 Å². The van der Waals surface area contributed by atoms with E-state index in [-0.39, 0.29) is 17.8 Å². The number of aromatic nitrogens is 1. The topological polar surface area (TPSA) is 54.0 Å². The van der Waals surface area contributed by atoms with E-state index in [0.717, 1.165) is 18.5 Å². The first-order chi connectivity index (χ1) is 11.7. The Bertz CT molecular complexity index is 679. The molecule has 3 rings (SSSR count). The third-order valence-electron chi connectivity index (χ3n) is 4.32.